The van der Waals surface area contributed by atoms with Crippen LogP contribution < -0.4 is 5.32 Å². The lowest BCUT2D eigenvalue weighted by atomic mass is 10.1. The average Bonchev–Trinajstić information content (AvgIpc) is 2.72. The molecule has 1 heterocycles. The van der Waals surface area contributed by atoms with E-state index < -0.39 is 0 Å². The van der Waals surface area contributed by atoms with Crippen LogP contribution in [0.5, 0.6) is 0 Å². The number of hydrogen-bond donors (Lipinski definition) is 1. The number of benzene rings is 2. The molecule has 146 valence electrons. The number of nitrogens with one attached hydrogen (secondary N) is 1. The maximum Gasteiger partial charge on any atom is 0.225 e. The summed E-state index contributed by atoms with van der Waals surface area (Å²) in [4.78, 5) is 16.9. The summed E-state index contributed by atoms with van der Waals surface area (Å²) in [5, 5.41) is 13.5. The Morgan fingerprint density at radius 3 is 2.62 bits per heavy atom. The first-order chi connectivity index (χ1) is 14.0. The second-order valence-corrected chi connectivity index (χ2v) is 8.08. The van der Waals surface area contributed by atoms with Crippen molar-refractivity contribution in [2.45, 2.75) is 25.3 Å². The monoisotopic (exact) mass is 421 g/mol. The number of anilines is 1. The van der Waals surface area contributed by atoms with Crippen molar-refractivity contribution in [2.24, 2.45) is 0 Å². The van der Waals surface area contributed by atoms with E-state index in [4.69, 9.17) is 11.6 Å². The van der Waals surface area contributed by atoms with Crippen molar-refractivity contribution < 1.29 is 4.79 Å². The molecule has 0 bridgehead atoms. The fourth-order valence-corrected chi connectivity index (χ4v) is 3.80. The maximum atomic E-state index is 12.3. The summed E-state index contributed by atoms with van der Waals surface area (Å²) in [5.74, 6) is 0.417. The van der Waals surface area contributed by atoms with Gasteiger partial charge in [0.1, 0.15) is 11.1 Å². The Hall–Kier alpha value is -2.81. The van der Waals surface area contributed by atoms with Crippen LogP contribution in [-0.4, -0.2) is 16.6 Å². The van der Waals surface area contributed by atoms with Gasteiger partial charge in [-0.25, -0.2) is 4.98 Å². The van der Waals surface area contributed by atoms with Crippen molar-refractivity contribution in [3.05, 3.63) is 76.3 Å². The third-order valence-corrected chi connectivity index (χ3v) is 5.84. The molecule has 0 fully saturated rings. The van der Waals surface area contributed by atoms with Crippen molar-refractivity contribution in [1.82, 2.24) is 4.98 Å². The van der Waals surface area contributed by atoms with E-state index in [9.17, 15) is 10.1 Å². The highest BCUT2D eigenvalue weighted by Gasteiger charge is 2.11. The molecule has 0 aliphatic heterocycles. The molecule has 3 aromatic rings. The third-order valence-electron chi connectivity index (χ3n) is 4.44. The van der Waals surface area contributed by atoms with Crippen molar-refractivity contribution in [1.29, 1.82) is 5.26 Å². The zero-order valence-corrected chi connectivity index (χ0v) is 17.8. The molecule has 2 aromatic carbocycles. The number of carbonyl (C=O) groups is 1. The maximum absolute atomic E-state index is 12.3. The Bertz CT molecular complexity index is 1070. The van der Waals surface area contributed by atoms with Crippen molar-refractivity contribution in [3.8, 4) is 17.3 Å². The van der Waals surface area contributed by atoms with E-state index in [1.165, 1.54) is 17.3 Å². The smallest absolute Gasteiger partial charge is 0.225 e. The molecule has 1 N–H and O–H groups in total. The number of aryl methyl sites for hydroxylation is 1. The van der Waals surface area contributed by atoms with Crippen LogP contribution in [0, 0.1) is 25.2 Å². The zero-order valence-electron chi connectivity index (χ0n) is 16.2. The Balaban J connectivity index is 1.66. The Labute approximate surface area is 179 Å². The minimum Gasteiger partial charge on any atom is -0.326 e. The first kappa shape index (κ1) is 20.9. The van der Waals surface area contributed by atoms with E-state index in [1.807, 2.05) is 50.2 Å². The van der Waals surface area contributed by atoms with Gasteiger partial charge in [-0.2, -0.15) is 5.26 Å². The molecule has 0 aliphatic rings. The lowest BCUT2D eigenvalue weighted by Gasteiger charge is -2.10. The number of hydrogen-bond acceptors (Lipinski definition) is 4. The molecule has 1 aromatic heterocycles. The minimum atomic E-state index is -0.101. The van der Waals surface area contributed by atoms with Gasteiger partial charge in [0, 0.05) is 28.4 Å². The van der Waals surface area contributed by atoms with Gasteiger partial charge in [0.15, 0.2) is 0 Å². The van der Waals surface area contributed by atoms with E-state index in [1.54, 1.807) is 18.2 Å². The molecule has 0 saturated heterocycles. The molecule has 3 rings (SSSR count). The summed E-state index contributed by atoms with van der Waals surface area (Å²) in [6.07, 6.45) is 0.303. The summed E-state index contributed by atoms with van der Waals surface area (Å²) < 4.78 is 0. The lowest BCUT2D eigenvalue weighted by Crippen LogP contribution is -2.13. The highest BCUT2D eigenvalue weighted by atomic mass is 35.5. The molecular weight excluding hydrogens is 402 g/mol. The fourth-order valence-electron chi connectivity index (χ4n) is 2.72. The van der Waals surface area contributed by atoms with Crippen LogP contribution in [0.1, 0.15) is 23.1 Å². The number of halogens is 1. The second-order valence-electron chi connectivity index (χ2n) is 6.59. The van der Waals surface area contributed by atoms with Crippen molar-refractivity contribution in [3.63, 3.8) is 0 Å². The van der Waals surface area contributed by atoms with Gasteiger partial charge in [-0.15, -0.1) is 11.8 Å². The number of amides is 1. The molecule has 29 heavy (non-hydrogen) atoms. The molecular formula is C23H20ClN3OS. The molecule has 0 aliphatic carbocycles. The molecule has 6 heteroatoms. The molecule has 0 atom stereocenters. The lowest BCUT2D eigenvalue weighted by molar-refractivity contribution is -0.115. The Morgan fingerprint density at radius 2 is 1.90 bits per heavy atom. The van der Waals surface area contributed by atoms with Gasteiger partial charge in [0.25, 0.3) is 0 Å². The van der Waals surface area contributed by atoms with Crippen LogP contribution >= 0.6 is 23.4 Å². The van der Waals surface area contributed by atoms with E-state index in [2.05, 4.69) is 16.4 Å². The average molecular weight is 422 g/mol. The van der Waals surface area contributed by atoms with Crippen LogP contribution in [-0.2, 0) is 4.79 Å². The highest BCUT2D eigenvalue weighted by molar-refractivity contribution is 7.99. The second kappa shape index (κ2) is 9.60. The molecule has 0 spiro atoms. The molecule has 0 saturated carbocycles. The van der Waals surface area contributed by atoms with Gasteiger partial charge >= 0.3 is 0 Å². The van der Waals surface area contributed by atoms with Crippen molar-refractivity contribution >= 4 is 35.0 Å². The summed E-state index contributed by atoms with van der Waals surface area (Å²) in [6.45, 7) is 3.90. The first-order valence-corrected chi connectivity index (χ1v) is 10.5. The van der Waals surface area contributed by atoms with Crippen LogP contribution in [0.2, 0.25) is 5.02 Å². The predicted molar refractivity (Wildman–Crippen MR) is 119 cm³/mol. The number of pyridine rings is 1. The summed E-state index contributed by atoms with van der Waals surface area (Å²) in [7, 11) is 0. The predicted octanol–water partition coefficient (Wildman–Crippen LogP) is 6.01. The number of carbonyl (C=O) groups excluding carboxylic acids is 1. The fraction of sp³-hybridized carbons (Fsp3) is 0.174. The molecule has 1 amide bonds. The van der Waals surface area contributed by atoms with Gasteiger partial charge in [0.05, 0.1) is 11.3 Å². The minimum absolute atomic E-state index is 0.101. The molecule has 0 radical (unpaired) electrons. The Kier molecular flexibility index (Phi) is 6.92. The number of aromatic nitrogens is 1. The summed E-state index contributed by atoms with van der Waals surface area (Å²) >= 11 is 7.50. The van der Waals surface area contributed by atoms with E-state index in [0.29, 0.717) is 33.5 Å². The normalized spacial score (nSPS) is 10.4. The standard InChI is InChI=1S/C23H20ClN3OS/c1-15-6-8-17(9-7-15)21-11-10-18(14-25)23(27-21)29-13-12-22(28)26-20-5-3-4-19(24)16(20)2/h3-11H,12-13H2,1-2H3,(H,26,28). The zero-order chi connectivity index (χ0) is 20.8. The first-order valence-electron chi connectivity index (χ1n) is 9.14. The number of nitriles is 1. The largest absolute Gasteiger partial charge is 0.326 e. The Morgan fingerprint density at radius 1 is 1.14 bits per heavy atom. The topological polar surface area (TPSA) is 65.8 Å². The highest BCUT2D eigenvalue weighted by Crippen LogP contribution is 2.27. The van der Waals surface area contributed by atoms with Crippen LogP contribution in [0.4, 0.5) is 5.69 Å². The van der Waals surface area contributed by atoms with E-state index in [-0.39, 0.29) is 5.91 Å². The molecule has 4 nitrogen and oxygen atoms in total. The summed E-state index contributed by atoms with van der Waals surface area (Å²) in [6, 6.07) is 19.3. The van der Waals surface area contributed by atoms with Crippen molar-refractivity contribution in [2.75, 3.05) is 11.1 Å². The number of nitrogens with zero attached hydrogens (tertiary/aromatic N) is 2. The van der Waals surface area contributed by atoms with Gasteiger partial charge in [0.2, 0.25) is 5.91 Å². The van der Waals surface area contributed by atoms with Gasteiger partial charge in [-0.1, -0.05) is 47.5 Å². The van der Waals surface area contributed by atoms with Gasteiger partial charge in [-0.05, 0) is 43.7 Å². The molecule has 0 unspecified atom stereocenters. The van der Waals surface area contributed by atoms with Crippen LogP contribution in [0.3, 0.4) is 0 Å². The van der Waals surface area contributed by atoms with Gasteiger partial charge < -0.3 is 5.32 Å². The third kappa shape index (κ3) is 5.38. The number of rotatable bonds is 6. The van der Waals surface area contributed by atoms with Gasteiger partial charge in [-0.3, -0.25) is 4.79 Å². The van der Waals surface area contributed by atoms with Crippen LogP contribution in [0.25, 0.3) is 11.3 Å². The quantitative estimate of drug-likeness (QED) is 0.495. The SMILES string of the molecule is Cc1ccc(-c2ccc(C#N)c(SCCC(=O)Nc3cccc(Cl)c3C)n2)cc1. The van der Waals surface area contributed by atoms with E-state index >= 15 is 0 Å². The summed E-state index contributed by atoms with van der Waals surface area (Å²) in [5.41, 5.74) is 5.05. The number of thioether (sulfide) groups is 1. The van der Waals surface area contributed by atoms with Crippen LogP contribution in [0.15, 0.2) is 59.6 Å². The van der Waals surface area contributed by atoms with E-state index in [0.717, 1.165) is 16.8 Å².